The Morgan fingerprint density at radius 3 is 2.76 bits per heavy atom. The number of thioether (sulfide) groups is 1. The first-order valence-electron chi connectivity index (χ1n) is 8.16. The quantitative estimate of drug-likeness (QED) is 0.825. The van der Waals surface area contributed by atoms with Gasteiger partial charge in [-0.15, -0.1) is 11.8 Å². The van der Waals surface area contributed by atoms with Crippen LogP contribution in [0.3, 0.4) is 0 Å². The second kappa shape index (κ2) is 8.25. The van der Waals surface area contributed by atoms with E-state index in [9.17, 15) is 9.18 Å². The Morgan fingerprint density at radius 2 is 1.96 bits per heavy atom. The molecule has 0 aliphatic carbocycles. The van der Waals surface area contributed by atoms with Gasteiger partial charge in [0, 0.05) is 17.9 Å². The first kappa shape index (κ1) is 17.6. The summed E-state index contributed by atoms with van der Waals surface area (Å²) in [5, 5.41) is 2.85. The van der Waals surface area contributed by atoms with Gasteiger partial charge in [0.2, 0.25) is 5.91 Å². The summed E-state index contributed by atoms with van der Waals surface area (Å²) < 4.78 is 24.5. The Hall–Kier alpha value is -2.21. The van der Waals surface area contributed by atoms with Gasteiger partial charge < -0.3 is 14.8 Å². The standard InChI is InChI=1S/C19H20FNO3S/c1-13-9-14(3-5-16(13)20)11-21-19(22)12-25-15-4-6-17-18(10-15)24-8-2-7-23-17/h3-6,9-10H,2,7-8,11-12H2,1H3,(H,21,22). The fourth-order valence-corrected chi connectivity index (χ4v) is 3.21. The molecule has 1 heterocycles. The average Bonchev–Trinajstić information content (AvgIpc) is 2.85. The third kappa shape index (κ3) is 4.89. The number of rotatable bonds is 5. The lowest BCUT2D eigenvalue weighted by Crippen LogP contribution is -2.24. The molecule has 0 saturated carbocycles. The minimum atomic E-state index is -0.236. The molecule has 1 N–H and O–H groups in total. The summed E-state index contributed by atoms with van der Waals surface area (Å²) in [6, 6.07) is 10.5. The lowest BCUT2D eigenvalue weighted by Gasteiger charge is -2.09. The zero-order chi connectivity index (χ0) is 17.6. The van der Waals surface area contributed by atoms with Gasteiger partial charge in [0.25, 0.3) is 0 Å². The lowest BCUT2D eigenvalue weighted by atomic mass is 10.1. The van der Waals surface area contributed by atoms with Gasteiger partial charge in [-0.1, -0.05) is 12.1 Å². The van der Waals surface area contributed by atoms with Gasteiger partial charge in [-0.2, -0.15) is 0 Å². The van der Waals surface area contributed by atoms with Crippen molar-refractivity contribution in [3.05, 3.63) is 53.3 Å². The Balaban J connectivity index is 1.50. The van der Waals surface area contributed by atoms with Crippen molar-refractivity contribution in [3.63, 3.8) is 0 Å². The van der Waals surface area contributed by atoms with E-state index in [1.165, 1.54) is 17.8 Å². The van der Waals surface area contributed by atoms with Crippen LogP contribution in [0.1, 0.15) is 17.5 Å². The molecule has 0 spiro atoms. The fourth-order valence-electron chi connectivity index (χ4n) is 2.45. The van der Waals surface area contributed by atoms with Crippen molar-refractivity contribution in [1.29, 1.82) is 0 Å². The topological polar surface area (TPSA) is 47.6 Å². The van der Waals surface area contributed by atoms with Crippen LogP contribution >= 0.6 is 11.8 Å². The first-order valence-corrected chi connectivity index (χ1v) is 9.14. The van der Waals surface area contributed by atoms with E-state index < -0.39 is 0 Å². The van der Waals surface area contributed by atoms with Crippen molar-refractivity contribution in [3.8, 4) is 11.5 Å². The van der Waals surface area contributed by atoms with Crippen LogP contribution in [-0.2, 0) is 11.3 Å². The molecule has 2 aromatic carbocycles. The minimum absolute atomic E-state index is 0.0703. The highest BCUT2D eigenvalue weighted by Crippen LogP contribution is 2.33. The van der Waals surface area contributed by atoms with Gasteiger partial charge in [-0.05, 0) is 42.3 Å². The number of amides is 1. The molecule has 2 aromatic rings. The number of hydrogen-bond donors (Lipinski definition) is 1. The molecule has 4 nitrogen and oxygen atoms in total. The van der Waals surface area contributed by atoms with Crippen molar-refractivity contribution in [1.82, 2.24) is 5.32 Å². The van der Waals surface area contributed by atoms with Crippen LogP contribution in [0.15, 0.2) is 41.3 Å². The van der Waals surface area contributed by atoms with Crippen LogP contribution in [-0.4, -0.2) is 24.9 Å². The minimum Gasteiger partial charge on any atom is -0.490 e. The van der Waals surface area contributed by atoms with Gasteiger partial charge in [0.15, 0.2) is 11.5 Å². The van der Waals surface area contributed by atoms with Crippen LogP contribution in [0.4, 0.5) is 4.39 Å². The zero-order valence-corrected chi connectivity index (χ0v) is 14.8. The highest BCUT2D eigenvalue weighted by Gasteiger charge is 2.11. The van der Waals surface area contributed by atoms with E-state index in [0.717, 1.165) is 28.4 Å². The number of halogens is 1. The Labute approximate surface area is 150 Å². The predicted octanol–water partition coefficient (Wildman–Crippen LogP) is 3.70. The highest BCUT2D eigenvalue weighted by atomic mass is 32.2. The number of carbonyl (C=O) groups is 1. The number of aryl methyl sites for hydroxylation is 1. The molecule has 1 aliphatic heterocycles. The summed E-state index contributed by atoms with van der Waals surface area (Å²) in [6.07, 6.45) is 0.864. The van der Waals surface area contributed by atoms with Gasteiger partial charge >= 0.3 is 0 Å². The smallest absolute Gasteiger partial charge is 0.230 e. The maximum absolute atomic E-state index is 13.2. The molecule has 25 heavy (non-hydrogen) atoms. The number of ether oxygens (including phenoxy) is 2. The van der Waals surface area contributed by atoms with Crippen molar-refractivity contribution >= 4 is 17.7 Å². The summed E-state index contributed by atoms with van der Waals surface area (Å²) in [5.74, 6) is 1.47. The van der Waals surface area contributed by atoms with Crippen LogP contribution in [0.5, 0.6) is 11.5 Å². The van der Waals surface area contributed by atoms with Crippen molar-refractivity contribution < 1.29 is 18.7 Å². The van der Waals surface area contributed by atoms with E-state index in [1.54, 1.807) is 19.1 Å². The second-order valence-electron chi connectivity index (χ2n) is 5.81. The molecule has 1 amide bonds. The molecule has 0 aromatic heterocycles. The van der Waals surface area contributed by atoms with Crippen molar-refractivity contribution in [2.75, 3.05) is 19.0 Å². The van der Waals surface area contributed by atoms with Crippen LogP contribution in [0, 0.1) is 12.7 Å². The molecule has 0 radical (unpaired) electrons. The largest absolute Gasteiger partial charge is 0.490 e. The summed E-state index contributed by atoms with van der Waals surface area (Å²) in [7, 11) is 0. The number of hydrogen-bond acceptors (Lipinski definition) is 4. The Kier molecular flexibility index (Phi) is 5.81. The van der Waals surface area contributed by atoms with Gasteiger partial charge in [0.1, 0.15) is 5.82 Å². The number of benzene rings is 2. The van der Waals surface area contributed by atoms with Gasteiger partial charge in [-0.25, -0.2) is 4.39 Å². The van der Waals surface area contributed by atoms with E-state index in [0.29, 0.717) is 31.1 Å². The Morgan fingerprint density at radius 1 is 1.16 bits per heavy atom. The first-order chi connectivity index (χ1) is 12.1. The molecule has 0 unspecified atom stereocenters. The Bertz CT molecular complexity index is 766. The normalized spacial score (nSPS) is 13.2. The highest BCUT2D eigenvalue weighted by molar-refractivity contribution is 8.00. The van der Waals surface area contributed by atoms with E-state index >= 15 is 0 Å². The van der Waals surface area contributed by atoms with Crippen LogP contribution in [0.25, 0.3) is 0 Å². The number of carbonyl (C=O) groups excluding carboxylic acids is 1. The molecule has 0 bridgehead atoms. The third-order valence-corrected chi connectivity index (χ3v) is 4.79. The number of nitrogens with one attached hydrogen (secondary N) is 1. The summed E-state index contributed by atoms with van der Waals surface area (Å²) in [4.78, 5) is 13.0. The molecule has 132 valence electrons. The summed E-state index contributed by atoms with van der Waals surface area (Å²) in [5.41, 5.74) is 1.46. The zero-order valence-electron chi connectivity index (χ0n) is 14.0. The van der Waals surface area contributed by atoms with Crippen molar-refractivity contribution in [2.24, 2.45) is 0 Å². The average molecular weight is 361 g/mol. The molecule has 6 heteroatoms. The van der Waals surface area contributed by atoms with Gasteiger partial charge in [-0.3, -0.25) is 4.79 Å². The SMILES string of the molecule is Cc1cc(CNC(=O)CSc2ccc3c(c2)OCCCO3)ccc1F. The van der Waals surface area contributed by atoms with E-state index in [1.807, 2.05) is 18.2 Å². The van der Waals surface area contributed by atoms with E-state index in [-0.39, 0.29) is 11.7 Å². The van der Waals surface area contributed by atoms with E-state index in [4.69, 9.17) is 9.47 Å². The summed E-state index contributed by atoms with van der Waals surface area (Å²) in [6.45, 7) is 3.39. The fraction of sp³-hybridized carbons (Fsp3) is 0.316. The molecule has 1 aliphatic rings. The molecule has 0 fully saturated rings. The van der Waals surface area contributed by atoms with Gasteiger partial charge in [0.05, 0.1) is 19.0 Å². The van der Waals surface area contributed by atoms with Crippen LogP contribution < -0.4 is 14.8 Å². The molecule has 0 saturated heterocycles. The maximum Gasteiger partial charge on any atom is 0.230 e. The molecular formula is C19H20FNO3S. The second-order valence-corrected chi connectivity index (χ2v) is 6.86. The predicted molar refractivity (Wildman–Crippen MR) is 95.8 cm³/mol. The monoisotopic (exact) mass is 361 g/mol. The molecule has 3 rings (SSSR count). The molecule has 0 atom stereocenters. The van der Waals surface area contributed by atoms with Crippen LogP contribution in [0.2, 0.25) is 0 Å². The molecular weight excluding hydrogens is 341 g/mol. The number of fused-ring (bicyclic) bond motifs is 1. The maximum atomic E-state index is 13.2. The lowest BCUT2D eigenvalue weighted by molar-refractivity contribution is -0.118. The summed E-state index contributed by atoms with van der Waals surface area (Å²) >= 11 is 1.44. The van der Waals surface area contributed by atoms with E-state index in [2.05, 4.69) is 5.32 Å². The van der Waals surface area contributed by atoms with Crippen molar-refractivity contribution in [2.45, 2.75) is 24.8 Å². The third-order valence-electron chi connectivity index (χ3n) is 3.80.